The van der Waals surface area contributed by atoms with E-state index in [0.29, 0.717) is 18.4 Å². The molecule has 5 fully saturated rings. The Morgan fingerprint density at radius 2 is 1.80 bits per heavy atom. The maximum atomic E-state index is 12.3. The number of hydrogen-bond donors (Lipinski definition) is 3. The molecule has 2 aliphatic heterocycles. The molecule has 30 heavy (non-hydrogen) atoms. The average molecular weight is 426 g/mol. The molecule has 2 amide bonds. The van der Waals surface area contributed by atoms with Crippen molar-refractivity contribution in [3.63, 3.8) is 0 Å². The van der Waals surface area contributed by atoms with Gasteiger partial charge in [-0.2, -0.15) is 12.6 Å². The third kappa shape index (κ3) is 3.23. The zero-order valence-electron chi connectivity index (χ0n) is 17.4. The summed E-state index contributed by atoms with van der Waals surface area (Å²) >= 11 is 4.82. The summed E-state index contributed by atoms with van der Waals surface area (Å²) in [6.45, 7) is 1.65. The number of hydrogen-bond acceptors (Lipinski definition) is 5. The second kappa shape index (κ2) is 7.07. The van der Waals surface area contributed by atoms with E-state index < -0.39 is 0 Å². The van der Waals surface area contributed by atoms with Crippen LogP contribution in [0.25, 0.3) is 0 Å². The third-order valence-corrected chi connectivity index (χ3v) is 9.04. The first kappa shape index (κ1) is 19.3. The number of fused-ring (bicyclic) bond motifs is 1. The lowest BCUT2D eigenvalue weighted by Crippen LogP contribution is -2.58. The highest BCUT2D eigenvalue weighted by Crippen LogP contribution is 2.55. The van der Waals surface area contributed by atoms with Crippen molar-refractivity contribution in [2.75, 3.05) is 0 Å². The number of carbonyl (C=O) groups is 2. The fraction of sp³-hybridized carbons (Fsp3) is 0.667. The second-order valence-corrected chi connectivity index (χ2v) is 11.1. The molecule has 4 bridgehead atoms. The molecule has 7 rings (SSSR count). The van der Waals surface area contributed by atoms with Crippen LogP contribution in [0, 0.1) is 17.8 Å². The molecule has 6 heteroatoms. The van der Waals surface area contributed by atoms with E-state index in [9.17, 15) is 9.59 Å². The van der Waals surface area contributed by atoms with Crippen LogP contribution in [0.4, 0.5) is 0 Å². The molecule has 160 valence electrons. The SMILES string of the molecule is O=C1CCC(N2Cc3cc(CNC45CC6CC(CC(C6)C4)C5)ccc3C2S)C(=O)N1. The van der Waals surface area contributed by atoms with Crippen LogP contribution in [0.3, 0.4) is 0 Å². The molecule has 1 saturated heterocycles. The topological polar surface area (TPSA) is 61.4 Å². The number of nitrogens with zero attached hydrogens (tertiary/aromatic N) is 1. The molecule has 2 unspecified atom stereocenters. The van der Waals surface area contributed by atoms with Gasteiger partial charge in [0.2, 0.25) is 11.8 Å². The summed E-state index contributed by atoms with van der Waals surface area (Å²) in [4.78, 5) is 26.0. The lowest BCUT2D eigenvalue weighted by Gasteiger charge is -2.57. The van der Waals surface area contributed by atoms with Crippen molar-refractivity contribution >= 4 is 24.4 Å². The molecule has 2 N–H and O–H groups in total. The number of piperidine rings is 1. The highest BCUT2D eigenvalue weighted by Gasteiger charge is 2.50. The van der Waals surface area contributed by atoms with Crippen molar-refractivity contribution in [1.29, 1.82) is 0 Å². The molecule has 2 heterocycles. The van der Waals surface area contributed by atoms with Crippen molar-refractivity contribution in [1.82, 2.24) is 15.5 Å². The van der Waals surface area contributed by atoms with E-state index in [1.165, 1.54) is 55.2 Å². The maximum Gasteiger partial charge on any atom is 0.243 e. The van der Waals surface area contributed by atoms with Gasteiger partial charge in [-0.15, -0.1) is 0 Å². The number of thiol groups is 1. The van der Waals surface area contributed by atoms with E-state index in [4.69, 9.17) is 12.6 Å². The smallest absolute Gasteiger partial charge is 0.243 e. The van der Waals surface area contributed by atoms with Gasteiger partial charge in [0.25, 0.3) is 0 Å². The first-order valence-electron chi connectivity index (χ1n) is 11.6. The van der Waals surface area contributed by atoms with Crippen molar-refractivity contribution in [2.45, 2.75) is 81.4 Å². The van der Waals surface area contributed by atoms with Crippen molar-refractivity contribution in [3.05, 3.63) is 34.9 Å². The Kier molecular flexibility index (Phi) is 4.56. The zero-order valence-corrected chi connectivity index (χ0v) is 18.3. The average Bonchev–Trinajstić information content (AvgIpc) is 3.01. The molecule has 5 nitrogen and oxygen atoms in total. The van der Waals surface area contributed by atoms with Gasteiger partial charge in [0.1, 0.15) is 0 Å². The number of carbonyl (C=O) groups excluding carboxylic acids is 2. The lowest BCUT2D eigenvalue weighted by molar-refractivity contribution is -0.137. The Hall–Kier alpha value is -1.37. The Morgan fingerprint density at radius 1 is 1.10 bits per heavy atom. The Morgan fingerprint density at radius 3 is 2.47 bits per heavy atom. The van der Waals surface area contributed by atoms with E-state index >= 15 is 0 Å². The van der Waals surface area contributed by atoms with Crippen LogP contribution in [-0.4, -0.2) is 28.3 Å². The Bertz CT molecular complexity index is 865. The monoisotopic (exact) mass is 425 g/mol. The molecule has 0 aromatic heterocycles. The number of nitrogens with one attached hydrogen (secondary N) is 2. The predicted molar refractivity (Wildman–Crippen MR) is 118 cm³/mol. The summed E-state index contributed by atoms with van der Waals surface area (Å²) in [5.74, 6) is 2.52. The number of benzene rings is 1. The number of amides is 2. The standard InChI is InChI=1S/C24H31N3O2S/c28-21-4-3-20(22(29)26-21)27-13-18-8-14(1-2-19(18)23(27)30)12-25-24-9-15-5-16(10-24)7-17(6-15)11-24/h1-2,8,15-17,20,23,25,30H,3-7,9-13H2,(H,26,28,29). The molecule has 0 spiro atoms. The number of imide groups is 1. The summed E-state index contributed by atoms with van der Waals surface area (Å²) < 4.78 is 0. The molecule has 2 atom stereocenters. The largest absolute Gasteiger partial charge is 0.307 e. The highest BCUT2D eigenvalue weighted by atomic mass is 32.1. The first-order valence-corrected chi connectivity index (χ1v) is 12.1. The minimum absolute atomic E-state index is 0.0888. The highest BCUT2D eigenvalue weighted by molar-refractivity contribution is 7.80. The van der Waals surface area contributed by atoms with Crippen LogP contribution < -0.4 is 10.6 Å². The fourth-order valence-corrected chi connectivity index (χ4v) is 8.01. The zero-order chi connectivity index (χ0) is 20.5. The summed E-state index contributed by atoms with van der Waals surface area (Å²) in [5, 5.41) is 6.39. The van der Waals surface area contributed by atoms with Gasteiger partial charge in [0.05, 0.1) is 11.4 Å². The molecule has 4 aliphatic carbocycles. The molecule has 6 aliphatic rings. The first-order chi connectivity index (χ1) is 14.5. The lowest BCUT2D eigenvalue weighted by atomic mass is 9.53. The molecule has 0 radical (unpaired) electrons. The normalized spacial score (nSPS) is 40.0. The van der Waals surface area contributed by atoms with Gasteiger partial charge >= 0.3 is 0 Å². The maximum absolute atomic E-state index is 12.3. The van der Waals surface area contributed by atoms with Crippen molar-refractivity contribution in [3.8, 4) is 0 Å². The summed E-state index contributed by atoms with van der Waals surface area (Å²) in [7, 11) is 0. The van der Waals surface area contributed by atoms with Crippen molar-refractivity contribution in [2.24, 2.45) is 17.8 Å². The minimum Gasteiger partial charge on any atom is -0.307 e. The van der Waals surface area contributed by atoms with Gasteiger partial charge in [0, 0.05) is 25.0 Å². The van der Waals surface area contributed by atoms with E-state index in [-0.39, 0.29) is 23.2 Å². The molecule has 4 saturated carbocycles. The van der Waals surface area contributed by atoms with Crippen LogP contribution in [0.5, 0.6) is 0 Å². The van der Waals surface area contributed by atoms with E-state index in [2.05, 4.69) is 33.7 Å². The van der Waals surface area contributed by atoms with Gasteiger partial charge in [-0.25, -0.2) is 0 Å². The number of rotatable bonds is 4. The van der Waals surface area contributed by atoms with Crippen LogP contribution in [0.2, 0.25) is 0 Å². The Balaban J connectivity index is 1.15. The molecular weight excluding hydrogens is 394 g/mol. The second-order valence-electron chi connectivity index (χ2n) is 10.6. The third-order valence-electron chi connectivity index (χ3n) is 8.47. The van der Waals surface area contributed by atoms with Crippen LogP contribution in [-0.2, 0) is 22.7 Å². The van der Waals surface area contributed by atoms with E-state index in [1.807, 2.05) is 0 Å². The predicted octanol–water partition coefficient (Wildman–Crippen LogP) is 3.29. The van der Waals surface area contributed by atoms with E-state index in [1.54, 1.807) is 0 Å². The summed E-state index contributed by atoms with van der Waals surface area (Å²) in [5.41, 5.74) is 4.17. The molecule has 1 aromatic carbocycles. The summed E-state index contributed by atoms with van der Waals surface area (Å²) in [6.07, 6.45) is 9.50. The fourth-order valence-electron chi connectivity index (χ4n) is 7.52. The van der Waals surface area contributed by atoms with E-state index in [0.717, 1.165) is 30.8 Å². The minimum atomic E-state index is -0.272. The quantitative estimate of drug-likeness (QED) is 0.512. The summed E-state index contributed by atoms with van der Waals surface area (Å²) in [6, 6.07) is 6.45. The van der Waals surface area contributed by atoms with Gasteiger partial charge in [-0.1, -0.05) is 18.2 Å². The van der Waals surface area contributed by atoms with Gasteiger partial charge in [-0.3, -0.25) is 19.8 Å². The van der Waals surface area contributed by atoms with Gasteiger partial charge in [-0.05, 0) is 79.4 Å². The molecular formula is C24H31N3O2S. The molecule has 1 aromatic rings. The van der Waals surface area contributed by atoms with Gasteiger partial charge in [0.15, 0.2) is 0 Å². The van der Waals surface area contributed by atoms with Gasteiger partial charge < -0.3 is 5.32 Å². The Labute approximate surface area is 183 Å². The van der Waals surface area contributed by atoms with Crippen LogP contribution in [0.1, 0.15) is 73.4 Å². The van der Waals surface area contributed by atoms with Crippen LogP contribution in [0.15, 0.2) is 18.2 Å². The van der Waals surface area contributed by atoms with Crippen molar-refractivity contribution < 1.29 is 9.59 Å². The van der Waals surface area contributed by atoms with Crippen LogP contribution >= 0.6 is 12.6 Å².